The molecule has 0 spiro atoms. The van der Waals surface area contributed by atoms with Crippen LogP contribution in [0.25, 0.3) is 10.2 Å². The van der Waals surface area contributed by atoms with Gasteiger partial charge in [0.1, 0.15) is 5.82 Å². The molecule has 0 atom stereocenters. The molecule has 1 amide bonds. The Hall–Kier alpha value is -2.12. The summed E-state index contributed by atoms with van der Waals surface area (Å²) in [5.74, 6) is -0.218. The fourth-order valence-corrected chi connectivity index (χ4v) is 3.57. The molecular formula is C16H14FN3OS2. The van der Waals surface area contributed by atoms with Gasteiger partial charge in [-0.1, -0.05) is 23.5 Å². The smallest absolute Gasteiger partial charge is 0.248 e. The van der Waals surface area contributed by atoms with E-state index in [-0.39, 0.29) is 17.5 Å². The fraction of sp³-hybridized carbons (Fsp3) is 0.125. The molecule has 0 fully saturated rings. The second-order valence-corrected chi connectivity index (χ2v) is 6.94. The number of hydrogen-bond donors (Lipinski definition) is 2. The molecule has 0 saturated carbocycles. The van der Waals surface area contributed by atoms with Gasteiger partial charge in [-0.25, -0.2) is 9.37 Å². The van der Waals surface area contributed by atoms with E-state index < -0.39 is 0 Å². The third kappa shape index (κ3) is 4.00. The van der Waals surface area contributed by atoms with Crippen molar-refractivity contribution in [2.75, 3.05) is 11.2 Å². The zero-order chi connectivity index (χ0) is 16.2. The molecule has 7 heteroatoms. The van der Waals surface area contributed by atoms with Crippen LogP contribution in [-0.4, -0.2) is 16.6 Å². The van der Waals surface area contributed by atoms with Crippen LogP contribution >= 0.6 is 23.1 Å². The second kappa shape index (κ2) is 6.97. The van der Waals surface area contributed by atoms with Crippen molar-refractivity contribution in [2.24, 2.45) is 0 Å². The molecule has 118 valence electrons. The van der Waals surface area contributed by atoms with Crippen molar-refractivity contribution in [1.29, 1.82) is 0 Å². The maximum absolute atomic E-state index is 12.8. The Bertz CT molecular complexity index is 833. The number of nitrogens with zero attached hydrogens (tertiary/aromatic N) is 1. The summed E-state index contributed by atoms with van der Waals surface area (Å²) in [6.07, 6.45) is 0. The quantitative estimate of drug-likeness (QED) is 0.541. The highest BCUT2D eigenvalue weighted by atomic mass is 32.2. The van der Waals surface area contributed by atoms with Crippen LogP contribution in [0.15, 0.2) is 47.4 Å². The number of para-hydroxylation sites is 1. The molecule has 23 heavy (non-hydrogen) atoms. The summed E-state index contributed by atoms with van der Waals surface area (Å²) < 4.78 is 13.9. The number of aromatic nitrogens is 1. The topological polar surface area (TPSA) is 54.0 Å². The number of benzene rings is 2. The van der Waals surface area contributed by atoms with Crippen LogP contribution in [-0.2, 0) is 4.79 Å². The highest BCUT2D eigenvalue weighted by Crippen LogP contribution is 2.27. The Labute approximate surface area is 141 Å². The number of aryl methyl sites for hydroxylation is 1. The minimum Gasteiger partial charge on any atom is -0.273 e. The first-order valence-electron chi connectivity index (χ1n) is 6.91. The number of hydrogen-bond acceptors (Lipinski definition) is 5. The van der Waals surface area contributed by atoms with Gasteiger partial charge in [-0.15, -0.1) is 11.8 Å². The van der Waals surface area contributed by atoms with Crippen LogP contribution in [0.4, 0.5) is 9.52 Å². The van der Waals surface area contributed by atoms with Crippen molar-refractivity contribution in [1.82, 2.24) is 10.4 Å². The van der Waals surface area contributed by atoms with Gasteiger partial charge < -0.3 is 0 Å². The first kappa shape index (κ1) is 15.8. The zero-order valence-electron chi connectivity index (χ0n) is 12.3. The van der Waals surface area contributed by atoms with Crippen molar-refractivity contribution in [2.45, 2.75) is 11.8 Å². The van der Waals surface area contributed by atoms with Crippen LogP contribution in [0.3, 0.4) is 0 Å². The molecule has 1 aromatic heterocycles. The summed E-state index contributed by atoms with van der Waals surface area (Å²) in [5, 5.41) is 0.648. The van der Waals surface area contributed by atoms with E-state index in [1.807, 2.05) is 25.1 Å². The lowest BCUT2D eigenvalue weighted by atomic mass is 10.2. The first-order valence-corrected chi connectivity index (χ1v) is 8.71. The molecule has 0 aliphatic carbocycles. The average molecular weight is 347 g/mol. The number of nitrogens with one attached hydrogen (secondary N) is 2. The van der Waals surface area contributed by atoms with E-state index in [4.69, 9.17) is 0 Å². The Morgan fingerprint density at radius 1 is 1.26 bits per heavy atom. The van der Waals surface area contributed by atoms with E-state index in [2.05, 4.69) is 15.8 Å². The summed E-state index contributed by atoms with van der Waals surface area (Å²) in [5.41, 5.74) is 7.51. The number of thioether (sulfide) groups is 1. The summed E-state index contributed by atoms with van der Waals surface area (Å²) in [6.45, 7) is 2.00. The molecule has 2 N–H and O–H groups in total. The lowest BCUT2D eigenvalue weighted by molar-refractivity contribution is -0.118. The highest BCUT2D eigenvalue weighted by molar-refractivity contribution is 8.00. The first-order chi connectivity index (χ1) is 11.1. The van der Waals surface area contributed by atoms with Crippen molar-refractivity contribution < 1.29 is 9.18 Å². The van der Waals surface area contributed by atoms with E-state index in [9.17, 15) is 9.18 Å². The number of anilines is 1. The van der Waals surface area contributed by atoms with Gasteiger partial charge in [-0.3, -0.25) is 15.6 Å². The minimum atomic E-state index is -0.286. The molecule has 0 saturated heterocycles. The predicted octanol–water partition coefficient (Wildman–Crippen LogP) is 3.98. The van der Waals surface area contributed by atoms with Crippen LogP contribution in [0.5, 0.6) is 0 Å². The van der Waals surface area contributed by atoms with Gasteiger partial charge >= 0.3 is 0 Å². The van der Waals surface area contributed by atoms with Crippen molar-refractivity contribution in [3.8, 4) is 0 Å². The number of fused-ring (bicyclic) bond motifs is 1. The van der Waals surface area contributed by atoms with Gasteiger partial charge in [0.05, 0.1) is 16.0 Å². The van der Waals surface area contributed by atoms with Crippen LogP contribution in [0.1, 0.15) is 5.56 Å². The molecular weight excluding hydrogens is 333 g/mol. The third-order valence-electron chi connectivity index (χ3n) is 3.11. The fourth-order valence-electron chi connectivity index (χ4n) is 1.98. The van der Waals surface area contributed by atoms with E-state index in [0.717, 1.165) is 20.7 Å². The summed E-state index contributed by atoms with van der Waals surface area (Å²) >= 11 is 2.83. The van der Waals surface area contributed by atoms with Gasteiger partial charge in [0, 0.05) is 4.90 Å². The Morgan fingerprint density at radius 3 is 2.78 bits per heavy atom. The molecule has 0 bridgehead atoms. The van der Waals surface area contributed by atoms with Crippen LogP contribution in [0, 0.1) is 12.7 Å². The number of halogens is 1. The molecule has 3 rings (SSSR count). The molecule has 0 radical (unpaired) electrons. The Morgan fingerprint density at radius 2 is 2.04 bits per heavy atom. The van der Waals surface area contributed by atoms with Crippen molar-refractivity contribution in [3.05, 3.63) is 53.8 Å². The molecule has 0 aliphatic rings. The number of rotatable bonds is 5. The van der Waals surface area contributed by atoms with Crippen molar-refractivity contribution >= 4 is 44.4 Å². The predicted molar refractivity (Wildman–Crippen MR) is 93.2 cm³/mol. The molecule has 3 aromatic rings. The summed E-state index contributed by atoms with van der Waals surface area (Å²) in [7, 11) is 0. The third-order valence-corrected chi connectivity index (χ3v) is 5.06. The van der Waals surface area contributed by atoms with Crippen LogP contribution < -0.4 is 10.9 Å². The normalized spacial score (nSPS) is 10.7. The zero-order valence-corrected chi connectivity index (χ0v) is 13.9. The maximum atomic E-state index is 12.8. The monoisotopic (exact) mass is 347 g/mol. The summed E-state index contributed by atoms with van der Waals surface area (Å²) in [6, 6.07) is 12.0. The van der Waals surface area contributed by atoms with Gasteiger partial charge in [0.25, 0.3) is 0 Å². The van der Waals surface area contributed by atoms with Crippen LogP contribution in [0.2, 0.25) is 0 Å². The van der Waals surface area contributed by atoms with E-state index in [1.54, 1.807) is 12.1 Å². The number of hydrazine groups is 1. The largest absolute Gasteiger partial charge is 0.273 e. The lowest BCUT2D eigenvalue weighted by Gasteiger charge is -2.05. The number of carbonyl (C=O) groups excluding carboxylic acids is 1. The second-order valence-electron chi connectivity index (χ2n) is 4.86. The summed E-state index contributed by atoms with van der Waals surface area (Å²) in [4.78, 5) is 17.1. The van der Waals surface area contributed by atoms with Gasteiger partial charge in [-0.2, -0.15) is 0 Å². The molecule has 4 nitrogen and oxygen atoms in total. The highest BCUT2D eigenvalue weighted by Gasteiger charge is 2.07. The SMILES string of the molecule is Cc1cccc2sc(NNC(=O)CSc3ccc(F)cc3)nc12. The lowest BCUT2D eigenvalue weighted by Crippen LogP contribution is -2.30. The van der Waals surface area contributed by atoms with Gasteiger partial charge in [0.15, 0.2) is 0 Å². The molecule has 0 aliphatic heterocycles. The standard InChI is InChI=1S/C16H14FN3OS2/c1-10-3-2-4-13-15(10)18-16(23-13)20-19-14(21)9-22-12-7-5-11(17)6-8-12/h2-8H,9H2,1H3,(H,18,20)(H,19,21). The molecule has 0 unspecified atom stereocenters. The van der Waals surface area contributed by atoms with E-state index >= 15 is 0 Å². The molecule has 2 aromatic carbocycles. The minimum absolute atomic E-state index is 0.171. The average Bonchev–Trinajstić information content (AvgIpc) is 2.97. The Kier molecular flexibility index (Phi) is 4.78. The maximum Gasteiger partial charge on any atom is 0.248 e. The van der Waals surface area contributed by atoms with E-state index in [1.165, 1.54) is 35.2 Å². The molecule has 1 heterocycles. The van der Waals surface area contributed by atoms with Gasteiger partial charge in [-0.05, 0) is 42.8 Å². The Balaban J connectivity index is 1.53. The van der Waals surface area contributed by atoms with Crippen molar-refractivity contribution in [3.63, 3.8) is 0 Å². The number of amides is 1. The van der Waals surface area contributed by atoms with E-state index in [0.29, 0.717) is 5.13 Å². The number of carbonyl (C=O) groups is 1. The van der Waals surface area contributed by atoms with Gasteiger partial charge in [0.2, 0.25) is 11.0 Å². The number of thiazole rings is 1.